The fourth-order valence-corrected chi connectivity index (χ4v) is 2.47. The normalized spacial score (nSPS) is 15.8. The third-order valence-electron chi connectivity index (χ3n) is 3.75. The molecule has 132 valence electrons. The number of halogens is 2. The highest BCUT2D eigenvalue weighted by Gasteiger charge is 2.43. The van der Waals surface area contributed by atoms with Crippen LogP contribution < -0.4 is 14.8 Å². The summed E-state index contributed by atoms with van der Waals surface area (Å²) in [4.78, 5) is 12.3. The fraction of sp³-hybridized carbons (Fsp3) is 0.158. The molecular weight excluding hydrogens is 342 g/mol. The van der Waals surface area contributed by atoms with Crippen molar-refractivity contribution in [1.29, 1.82) is 5.26 Å². The number of carbonyl (C=O) groups is 1. The predicted molar refractivity (Wildman–Crippen MR) is 89.2 cm³/mol. The zero-order chi connectivity index (χ0) is 18.7. The van der Waals surface area contributed by atoms with E-state index in [9.17, 15) is 18.8 Å². The van der Waals surface area contributed by atoms with E-state index in [1.54, 1.807) is 6.92 Å². The van der Waals surface area contributed by atoms with Gasteiger partial charge >= 0.3 is 6.29 Å². The van der Waals surface area contributed by atoms with Crippen LogP contribution in [0.1, 0.15) is 24.1 Å². The second-order valence-corrected chi connectivity index (χ2v) is 5.65. The number of fused-ring (bicyclic) bond motifs is 1. The molecule has 0 aliphatic carbocycles. The van der Waals surface area contributed by atoms with Gasteiger partial charge in [0.05, 0.1) is 6.04 Å². The zero-order valence-corrected chi connectivity index (χ0v) is 13.7. The van der Waals surface area contributed by atoms with Crippen LogP contribution in [0.15, 0.2) is 54.1 Å². The van der Waals surface area contributed by atoms with Gasteiger partial charge in [-0.15, -0.1) is 8.78 Å². The molecule has 1 atom stereocenters. The maximum Gasteiger partial charge on any atom is 0.586 e. The van der Waals surface area contributed by atoms with Gasteiger partial charge in [-0.05, 0) is 36.3 Å². The third kappa shape index (κ3) is 3.81. The Kier molecular flexibility index (Phi) is 4.59. The molecule has 0 aromatic heterocycles. The van der Waals surface area contributed by atoms with Crippen LogP contribution in [0.4, 0.5) is 8.78 Å². The van der Waals surface area contributed by atoms with Crippen molar-refractivity contribution >= 4 is 12.0 Å². The van der Waals surface area contributed by atoms with E-state index in [4.69, 9.17) is 0 Å². The van der Waals surface area contributed by atoms with Crippen molar-refractivity contribution in [3.05, 3.63) is 65.2 Å². The second-order valence-electron chi connectivity index (χ2n) is 5.65. The molecule has 1 amide bonds. The molecule has 0 radical (unpaired) electrons. The second kappa shape index (κ2) is 6.84. The number of nitrogens with one attached hydrogen (secondary N) is 1. The summed E-state index contributed by atoms with van der Waals surface area (Å²) in [5.74, 6) is -0.821. The van der Waals surface area contributed by atoms with Crippen LogP contribution in [0.2, 0.25) is 0 Å². The van der Waals surface area contributed by atoms with Crippen LogP contribution in [-0.4, -0.2) is 12.2 Å². The number of alkyl halides is 2. The molecule has 0 unspecified atom stereocenters. The van der Waals surface area contributed by atoms with Gasteiger partial charge < -0.3 is 14.8 Å². The van der Waals surface area contributed by atoms with Gasteiger partial charge in [-0.1, -0.05) is 36.4 Å². The highest BCUT2D eigenvalue weighted by atomic mass is 19.3. The summed E-state index contributed by atoms with van der Waals surface area (Å²) in [6.45, 7) is 1.80. The Morgan fingerprint density at radius 2 is 1.88 bits per heavy atom. The molecule has 1 heterocycles. The van der Waals surface area contributed by atoms with Crippen molar-refractivity contribution in [1.82, 2.24) is 5.32 Å². The number of nitrogens with zero attached hydrogens (tertiary/aromatic N) is 1. The molecule has 5 nitrogen and oxygen atoms in total. The monoisotopic (exact) mass is 356 g/mol. The molecule has 1 N–H and O–H groups in total. The van der Waals surface area contributed by atoms with E-state index in [2.05, 4.69) is 14.8 Å². The van der Waals surface area contributed by atoms with Gasteiger partial charge in [0.25, 0.3) is 5.91 Å². The Balaban J connectivity index is 1.77. The lowest BCUT2D eigenvalue weighted by atomic mass is 10.1. The molecule has 3 rings (SSSR count). The van der Waals surface area contributed by atoms with E-state index in [1.165, 1.54) is 24.3 Å². The lowest BCUT2D eigenvalue weighted by molar-refractivity contribution is -0.286. The summed E-state index contributed by atoms with van der Waals surface area (Å²) in [7, 11) is 0. The van der Waals surface area contributed by atoms with E-state index in [1.807, 2.05) is 36.4 Å². The van der Waals surface area contributed by atoms with E-state index < -0.39 is 12.2 Å². The highest BCUT2D eigenvalue weighted by molar-refractivity contribution is 6.01. The summed E-state index contributed by atoms with van der Waals surface area (Å²) < 4.78 is 34.8. The Morgan fingerprint density at radius 3 is 2.58 bits per heavy atom. The van der Waals surface area contributed by atoms with Crippen molar-refractivity contribution in [3.8, 4) is 17.6 Å². The molecule has 7 heteroatoms. The molecular formula is C19H14F2N2O3. The lowest BCUT2D eigenvalue weighted by Crippen LogP contribution is -2.27. The number of carbonyl (C=O) groups excluding carboxylic acids is 1. The summed E-state index contributed by atoms with van der Waals surface area (Å²) in [5, 5.41) is 12.0. The third-order valence-corrected chi connectivity index (χ3v) is 3.75. The number of benzene rings is 2. The summed E-state index contributed by atoms with van der Waals surface area (Å²) in [5.41, 5.74) is 1.10. The molecule has 1 aliphatic heterocycles. The van der Waals surface area contributed by atoms with Gasteiger partial charge in [0.2, 0.25) is 0 Å². The first-order chi connectivity index (χ1) is 12.4. The quantitative estimate of drug-likeness (QED) is 0.668. The maximum atomic E-state index is 13.1. The van der Waals surface area contributed by atoms with Crippen molar-refractivity contribution < 1.29 is 23.0 Å². The Labute approximate surface area is 148 Å². The summed E-state index contributed by atoms with van der Waals surface area (Å²) in [6.07, 6.45) is -2.42. The number of amides is 1. The number of nitriles is 1. The minimum Gasteiger partial charge on any atom is -0.395 e. The average Bonchev–Trinajstić information content (AvgIpc) is 2.93. The van der Waals surface area contributed by atoms with Crippen molar-refractivity contribution in [3.63, 3.8) is 0 Å². The van der Waals surface area contributed by atoms with Crippen LogP contribution in [0.25, 0.3) is 6.08 Å². The van der Waals surface area contributed by atoms with Gasteiger partial charge in [-0.3, -0.25) is 4.79 Å². The van der Waals surface area contributed by atoms with Crippen molar-refractivity contribution in [2.45, 2.75) is 19.3 Å². The zero-order valence-electron chi connectivity index (χ0n) is 13.7. The summed E-state index contributed by atoms with van der Waals surface area (Å²) >= 11 is 0. The van der Waals surface area contributed by atoms with E-state index in [0.717, 1.165) is 5.56 Å². The number of hydrogen-bond donors (Lipinski definition) is 1. The van der Waals surface area contributed by atoms with Gasteiger partial charge in [-0.25, -0.2) is 0 Å². The number of rotatable bonds is 4. The minimum atomic E-state index is -3.72. The van der Waals surface area contributed by atoms with E-state index in [0.29, 0.717) is 5.56 Å². The van der Waals surface area contributed by atoms with E-state index in [-0.39, 0.29) is 23.1 Å². The molecule has 0 bridgehead atoms. The molecule has 0 saturated carbocycles. The van der Waals surface area contributed by atoms with Gasteiger partial charge in [0.15, 0.2) is 11.5 Å². The standard InChI is InChI=1S/C19H14F2N2O3/c1-12(14-5-3-2-4-6-14)23-18(24)15(11-22)9-13-7-8-16-17(10-13)26-19(20,21)25-16/h2-10,12H,1H3,(H,23,24)/t12-/m0/s1. The molecule has 2 aromatic rings. The van der Waals surface area contributed by atoms with Crippen LogP contribution >= 0.6 is 0 Å². The molecule has 0 spiro atoms. The first kappa shape index (κ1) is 17.4. The number of hydrogen-bond acceptors (Lipinski definition) is 4. The maximum absolute atomic E-state index is 13.1. The fourth-order valence-electron chi connectivity index (χ4n) is 2.47. The smallest absolute Gasteiger partial charge is 0.395 e. The van der Waals surface area contributed by atoms with Crippen molar-refractivity contribution in [2.75, 3.05) is 0 Å². The van der Waals surface area contributed by atoms with Gasteiger partial charge in [-0.2, -0.15) is 5.26 Å². The Hall–Kier alpha value is -3.40. The van der Waals surface area contributed by atoms with Crippen LogP contribution in [0.3, 0.4) is 0 Å². The van der Waals surface area contributed by atoms with Crippen LogP contribution in [-0.2, 0) is 4.79 Å². The predicted octanol–water partition coefficient (Wildman–Crippen LogP) is 3.79. The summed E-state index contributed by atoms with van der Waals surface area (Å²) in [6, 6.07) is 14.8. The van der Waals surface area contributed by atoms with Gasteiger partial charge in [0, 0.05) is 0 Å². The minimum absolute atomic E-state index is 0.104. The molecule has 0 saturated heterocycles. The van der Waals surface area contributed by atoms with Crippen LogP contribution in [0.5, 0.6) is 11.5 Å². The molecule has 0 fully saturated rings. The topological polar surface area (TPSA) is 71.4 Å². The first-order valence-corrected chi connectivity index (χ1v) is 7.75. The van der Waals surface area contributed by atoms with E-state index >= 15 is 0 Å². The SMILES string of the molecule is C[C@H](NC(=O)C(C#N)=Cc1ccc2c(c1)OC(F)(F)O2)c1ccccc1. The van der Waals surface area contributed by atoms with Crippen molar-refractivity contribution in [2.24, 2.45) is 0 Å². The first-order valence-electron chi connectivity index (χ1n) is 7.75. The lowest BCUT2D eigenvalue weighted by Gasteiger charge is -2.13. The van der Waals surface area contributed by atoms with Gasteiger partial charge in [0.1, 0.15) is 11.6 Å². The number of ether oxygens (including phenoxy) is 2. The molecule has 1 aliphatic rings. The average molecular weight is 356 g/mol. The largest absolute Gasteiger partial charge is 0.586 e. The van der Waals surface area contributed by atoms with Crippen LogP contribution in [0, 0.1) is 11.3 Å². The molecule has 26 heavy (non-hydrogen) atoms. The highest BCUT2D eigenvalue weighted by Crippen LogP contribution is 2.41. The Bertz CT molecular complexity index is 905. The molecule has 2 aromatic carbocycles. The Morgan fingerprint density at radius 1 is 1.19 bits per heavy atom.